The normalized spacial score (nSPS) is 14.2. The van der Waals surface area contributed by atoms with Crippen LogP contribution in [0.5, 0.6) is 0 Å². The molecule has 5 nitrogen and oxygen atoms in total. The number of carboxylic acid groups (broad SMARTS) is 1. The van der Waals surface area contributed by atoms with E-state index in [9.17, 15) is 9.90 Å². The van der Waals surface area contributed by atoms with Crippen LogP contribution in [0.25, 0.3) is 0 Å². The van der Waals surface area contributed by atoms with Crippen molar-refractivity contribution < 1.29 is 9.90 Å². The molecular weight excluding hydrogens is 230 g/mol. The standard InChI is InChI=1S/C13H15N3O2/c1-9-10(2)16(8-15-9)13(3,12(17)18)11-4-6-14-7-5-11/h4-8H,1-3H3,(H,17,18). The molecule has 0 amide bonds. The van der Waals surface area contributed by atoms with E-state index < -0.39 is 11.5 Å². The second-order valence-electron chi connectivity index (χ2n) is 4.40. The molecule has 2 heterocycles. The fourth-order valence-electron chi connectivity index (χ4n) is 1.99. The van der Waals surface area contributed by atoms with Crippen molar-refractivity contribution in [2.24, 2.45) is 0 Å². The molecular formula is C13H15N3O2. The summed E-state index contributed by atoms with van der Waals surface area (Å²) in [4.78, 5) is 19.8. The minimum Gasteiger partial charge on any atom is -0.479 e. The average Bonchev–Trinajstić information content (AvgIpc) is 2.70. The highest BCUT2D eigenvalue weighted by atomic mass is 16.4. The van der Waals surface area contributed by atoms with E-state index >= 15 is 0 Å². The molecule has 0 aliphatic heterocycles. The van der Waals surface area contributed by atoms with Gasteiger partial charge in [-0.05, 0) is 38.5 Å². The highest BCUT2D eigenvalue weighted by Gasteiger charge is 2.38. The summed E-state index contributed by atoms with van der Waals surface area (Å²) >= 11 is 0. The maximum Gasteiger partial charge on any atom is 0.334 e. The number of aromatic nitrogens is 3. The number of pyridine rings is 1. The van der Waals surface area contributed by atoms with Gasteiger partial charge in [-0.15, -0.1) is 0 Å². The summed E-state index contributed by atoms with van der Waals surface area (Å²) in [5.74, 6) is -0.922. The number of hydrogen-bond donors (Lipinski definition) is 1. The van der Waals surface area contributed by atoms with E-state index in [0.29, 0.717) is 5.56 Å². The van der Waals surface area contributed by atoms with Gasteiger partial charge in [0.1, 0.15) is 0 Å². The van der Waals surface area contributed by atoms with Crippen LogP contribution in [0.15, 0.2) is 30.9 Å². The van der Waals surface area contributed by atoms with Crippen LogP contribution in [0.4, 0.5) is 0 Å². The van der Waals surface area contributed by atoms with Gasteiger partial charge in [-0.2, -0.15) is 0 Å². The van der Waals surface area contributed by atoms with E-state index in [4.69, 9.17) is 0 Å². The minimum atomic E-state index is -1.17. The Kier molecular flexibility index (Phi) is 2.90. The SMILES string of the molecule is Cc1ncn(C(C)(C(=O)O)c2ccncc2)c1C. The number of hydrogen-bond acceptors (Lipinski definition) is 3. The molecule has 1 unspecified atom stereocenters. The zero-order valence-electron chi connectivity index (χ0n) is 10.6. The molecule has 0 saturated heterocycles. The Hall–Kier alpha value is -2.17. The quantitative estimate of drug-likeness (QED) is 0.894. The van der Waals surface area contributed by atoms with E-state index in [-0.39, 0.29) is 0 Å². The van der Waals surface area contributed by atoms with Gasteiger partial charge in [0, 0.05) is 18.1 Å². The van der Waals surface area contributed by atoms with Gasteiger partial charge in [0.15, 0.2) is 5.54 Å². The van der Waals surface area contributed by atoms with E-state index in [2.05, 4.69) is 9.97 Å². The lowest BCUT2D eigenvalue weighted by molar-refractivity contribution is -0.144. The Labute approximate surface area is 105 Å². The molecule has 0 spiro atoms. The van der Waals surface area contributed by atoms with Gasteiger partial charge in [-0.25, -0.2) is 9.78 Å². The van der Waals surface area contributed by atoms with Crippen LogP contribution in [0.2, 0.25) is 0 Å². The summed E-state index contributed by atoms with van der Waals surface area (Å²) < 4.78 is 1.68. The average molecular weight is 245 g/mol. The van der Waals surface area contributed by atoms with E-state index in [1.54, 1.807) is 42.3 Å². The summed E-state index contributed by atoms with van der Waals surface area (Å²) in [6.07, 6.45) is 4.75. The predicted octanol–water partition coefficient (Wildman–Crippen LogP) is 1.74. The minimum absolute atomic E-state index is 0.672. The molecule has 0 aliphatic carbocycles. The molecule has 5 heteroatoms. The summed E-state index contributed by atoms with van der Waals surface area (Å²) in [5.41, 5.74) is 1.17. The van der Waals surface area contributed by atoms with E-state index in [0.717, 1.165) is 11.4 Å². The molecule has 2 aromatic heterocycles. The number of imidazole rings is 1. The predicted molar refractivity (Wildman–Crippen MR) is 66.3 cm³/mol. The zero-order chi connectivity index (χ0) is 13.3. The first-order valence-electron chi connectivity index (χ1n) is 5.63. The van der Waals surface area contributed by atoms with Gasteiger partial charge in [0.25, 0.3) is 0 Å². The van der Waals surface area contributed by atoms with Gasteiger partial charge in [-0.3, -0.25) is 4.98 Å². The molecule has 0 radical (unpaired) electrons. The lowest BCUT2D eigenvalue weighted by atomic mass is 9.92. The Morgan fingerprint density at radius 1 is 1.33 bits per heavy atom. The third kappa shape index (κ3) is 1.68. The Bertz CT molecular complexity index is 577. The number of carbonyl (C=O) groups is 1. The summed E-state index contributed by atoms with van der Waals surface area (Å²) in [5, 5.41) is 9.60. The molecule has 0 fully saturated rings. The largest absolute Gasteiger partial charge is 0.479 e. The lowest BCUT2D eigenvalue weighted by Crippen LogP contribution is -2.40. The van der Waals surface area contributed by atoms with Crippen LogP contribution in [0, 0.1) is 13.8 Å². The van der Waals surface area contributed by atoms with Crippen molar-refractivity contribution in [3.05, 3.63) is 47.8 Å². The van der Waals surface area contributed by atoms with Crippen molar-refractivity contribution in [1.82, 2.24) is 14.5 Å². The Morgan fingerprint density at radius 2 is 1.94 bits per heavy atom. The zero-order valence-corrected chi connectivity index (χ0v) is 10.6. The fraction of sp³-hybridized carbons (Fsp3) is 0.308. The van der Waals surface area contributed by atoms with Crippen LogP contribution in [0.1, 0.15) is 23.9 Å². The first-order chi connectivity index (χ1) is 8.48. The summed E-state index contributed by atoms with van der Waals surface area (Å²) in [6, 6.07) is 3.42. The first-order valence-corrected chi connectivity index (χ1v) is 5.63. The summed E-state index contributed by atoms with van der Waals surface area (Å²) in [7, 11) is 0. The number of nitrogens with zero attached hydrogens (tertiary/aromatic N) is 3. The molecule has 0 saturated carbocycles. The van der Waals surface area contributed by atoms with Gasteiger partial charge in [0.2, 0.25) is 0 Å². The molecule has 0 bridgehead atoms. The number of rotatable bonds is 3. The molecule has 1 atom stereocenters. The van der Waals surface area contributed by atoms with Crippen molar-refractivity contribution in [3.63, 3.8) is 0 Å². The molecule has 2 rings (SSSR count). The number of aryl methyl sites for hydroxylation is 1. The third-order valence-electron chi connectivity index (χ3n) is 3.39. The van der Waals surface area contributed by atoms with Crippen molar-refractivity contribution in [3.8, 4) is 0 Å². The smallest absolute Gasteiger partial charge is 0.334 e. The number of aliphatic carboxylic acids is 1. The van der Waals surface area contributed by atoms with Crippen LogP contribution < -0.4 is 0 Å². The van der Waals surface area contributed by atoms with E-state index in [1.807, 2.05) is 13.8 Å². The van der Waals surface area contributed by atoms with Crippen molar-refractivity contribution >= 4 is 5.97 Å². The maximum absolute atomic E-state index is 11.7. The Balaban J connectivity index is 2.66. The van der Waals surface area contributed by atoms with Gasteiger partial charge >= 0.3 is 5.97 Å². The topological polar surface area (TPSA) is 68.0 Å². The maximum atomic E-state index is 11.7. The second kappa shape index (κ2) is 4.25. The van der Waals surface area contributed by atoms with Gasteiger partial charge in [-0.1, -0.05) is 0 Å². The Morgan fingerprint density at radius 3 is 2.39 bits per heavy atom. The molecule has 2 aromatic rings. The van der Waals surface area contributed by atoms with Crippen molar-refractivity contribution in [2.75, 3.05) is 0 Å². The second-order valence-corrected chi connectivity index (χ2v) is 4.40. The van der Waals surface area contributed by atoms with Crippen LogP contribution in [-0.2, 0) is 10.3 Å². The van der Waals surface area contributed by atoms with Gasteiger partial charge < -0.3 is 9.67 Å². The third-order valence-corrected chi connectivity index (χ3v) is 3.39. The number of carboxylic acids is 1. The molecule has 0 aromatic carbocycles. The monoisotopic (exact) mass is 245 g/mol. The van der Waals surface area contributed by atoms with Crippen LogP contribution in [0.3, 0.4) is 0 Å². The fourth-order valence-corrected chi connectivity index (χ4v) is 1.99. The first kappa shape index (κ1) is 12.3. The highest BCUT2D eigenvalue weighted by Crippen LogP contribution is 2.28. The molecule has 94 valence electrons. The summed E-state index contributed by atoms with van der Waals surface area (Å²) in [6.45, 7) is 5.39. The van der Waals surface area contributed by atoms with Crippen molar-refractivity contribution in [1.29, 1.82) is 0 Å². The highest BCUT2D eigenvalue weighted by molar-refractivity contribution is 5.80. The van der Waals surface area contributed by atoms with Crippen LogP contribution in [-0.4, -0.2) is 25.6 Å². The lowest BCUT2D eigenvalue weighted by Gasteiger charge is -2.28. The molecule has 1 N–H and O–H groups in total. The van der Waals surface area contributed by atoms with Gasteiger partial charge in [0.05, 0.1) is 12.0 Å². The van der Waals surface area contributed by atoms with E-state index in [1.165, 1.54) is 0 Å². The molecule has 18 heavy (non-hydrogen) atoms. The molecule has 0 aliphatic rings. The van der Waals surface area contributed by atoms with Crippen molar-refractivity contribution in [2.45, 2.75) is 26.3 Å². The van der Waals surface area contributed by atoms with Crippen LogP contribution >= 0.6 is 0 Å².